The molecule has 0 spiro atoms. The van der Waals surface area contributed by atoms with Crippen molar-refractivity contribution >= 4 is 44.9 Å². The maximum absolute atomic E-state index is 12.4. The molecule has 0 saturated heterocycles. The molecular formula is C10H7BrClF3N2. The van der Waals surface area contributed by atoms with Crippen LogP contribution in [0.2, 0.25) is 0 Å². The third-order valence-electron chi connectivity index (χ3n) is 2.19. The molecule has 1 aromatic heterocycles. The fourth-order valence-corrected chi connectivity index (χ4v) is 1.68. The molecule has 0 radical (unpaired) electrons. The number of alkyl halides is 3. The Kier molecular flexibility index (Phi) is 3.88. The summed E-state index contributed by atoms with van der Waals surface area (Å²) < 4.78 is 37.9. The highest BCUT2D eigenvalue weighted by molar-refractivity contribution is 9.10. The van der Waals surface area contributed by atoms with Crippen LogP contribution in [-0.2, 0) is 6.18 Å². The molecule has 2 rings (SSSR count). The molecule has 0 bridgehead atoms. The van der Waals surface area contributed by atoms with Crippen molar-refractivity contribution in [3.05, 3.63) is 34.4 Å². The van der Waals surface area contributed by atoms with E-state index in [1.54, 1.807) is 0 Å². The molecule has 0 amide bonds. The highest BCUT2D eigenvalue weighted by Gasteiger charge is 2.30. The minimum absolute atomic E-state index is 0. The number of halogens is 5. The second-order valence-corrected chi connectivity index (χ2v) is 4.10. The van der Waals surface area contributed by atoms with Gasteiger partial charge in [-0.05, 0) is 28.1 Å². The smallest absolute Gasteiger partial charge is 0.397 e. The van der Waals surface area contributed by atoms with Gasteiger partial charge >= 0.3 is 6.18 Å². The lowest BCUT2D eigenvalue weighted by Crippen LogP contribution is -2.04. The number of nitrogen functional groups attached to an aromatic ring is 1. The Hall–Kier alpha value is -1.01. The van der Waals surface area contributed by atoms with E-state index in [4.69, 9.17) is 5.73 Å². The van der Waals surface area contributed by atoms with Gasteiger partial charge in [-0.25, -0.2) is 0 Å². The molecule has 92 valence electrons. The highest BCUT2D eigenvalue weighted by atomic mass is 79.9. The zero-order valence-corrected chi connectivity index (χ0v) is 10.7. The summed E-state index contributed by atoms with van der Waals surface area (Å²) in [5, 5.41) is 0.502. The lowest BCUT2D eigenvalue weighted by molar-refractivity contribution is -0.137. The van der Waals surface area contributed by atoms with Crippen molar-refractivity contribution in [2.75, 3.05) is 5.73 Å². The number of benzene rings is 1. The van der Waals surface area contributed by atoms with Crippen molar-refractivity contribution in [3.8, 4) is 0 Å². The van der Waals surface area contributed by atoms with Crippen molar-refractivity contribution in [2.45, 2.75) is 6.18 Å². The molecular weight excluding hydrogens is 320 g/mol. The van der Waals surface area contributed by atoms with E-state index in [1.807, 2.05) is 0 Å². The van der Waals surface area contributed by atoms with Crippen LogP contribution in [-0.4, -0.2) is 4.98 Å². The second kappa shape index (κ2) is 4.70. The fraction of sp³-hybridized carbons (Fsp3) is 0.100. The van der Waals surface area contributed by atoms with E-state index < -0.39 is 11.7 Å². The molecule has 0 unspecified atom stereocenters. The minimum atomic E-state index is -4.36. The highest BCUT2D eigenvalue weighted by Crippen LogP contribution is 2.33. The summed E-state index contributed by atoms with van der Waals surface area (Å²) in [5.41, 5.74) is 5.60. The first-order chi connectivity index (χ1) is 7.39. The van der Waals surface area contributed by atoms with E-state index in [0.717, 1.165) is 12.1 Å². The molecule has 0 aliphatic rings. The maximum Gasteiger partial charge on any atom is 0.416 e. The summed E-state index contributed by atoms with van der Waals surface area (Å²) in [5.74, 6) is 0. The van der Waals surface area contributed by atoms with Gasteiger partial charge < -0.3 is 5.73 Å². The van der Waals surface area contributed by atoms with Crippen LogP contribution in [0.4, 0.5) is 18.9 Å². The van der Waals surface area contributed by atoms with E-state index in [1.165, 1.54) is 12.3 Å². The van der Waals surface area contributed by atoms with Gasteiger partial charge in [0.15, 0.2) is 0 Å². The summed E-state index contributed by atoms with van der Waals surface area (Å²) in [7, 11) is 0. The van der Waals surface area contributed by atoms with Gasteiger partial charge in [0.1, 0.15) is 0 Å². The molecule has 0 aliphatic carbocycles. The van der Waals surface area contributed by atoms with Gasteiger partial charge in [-0.2, -0.15) is 13.2 Å². The van der Waals surface area contributed by atoms with Crippen LogP contribution >= 0.6 is 28.3 Å². The number of hydrogen-bond donors (Lipinski definition) is 1. The molecule has 1 heterocycles. The summed E-state index contributed by atoms with van der Waals surface area (Å²) in [6.45, 7) is 0. The normalized spacial score (nSPS) is 11.3. The SMILES string of the molecule is Cl.Nc1c(Br)cnc2cc(C(F)(F)F)ccc12. The van der Waals surface area contributed by atoms with E-state index in [-0.39, 0.29) is 17.9 Å². The molecule has 0 saturated carbocycles. The molecule has 0 atom stereocenters. The van der Waals surface area contributed by atoms with Crippen LogP contribution in [0, 0.1) is 0 Å². The molecule has 7 heteroatoms. The summed E-state index contributed by atoms with van der Waals surface area (Å²) >= 11 is 3.16. The molecule has 0 aliphatic heterocycles. The summed E-state index contributed by atoms with van der Waals surface area (Å²) in [4.78, 5) is 3.89. The number of pyridine rings is 1. The second-order valence-electron chi connectivity index (χ2n) is 3.25. The minimum Gasteiger partial charge on any atom is -0.397 e. The molecule has 17 heavy (non-hydrogen) atoms. The van der Waals surface area contributed by atoms with Gasteiger partial charge in [-0.1, -0.05) is 6.07 Å². The standard InChI is InChI=1S/C10H6BrF3N2.ClH/c11-7-4-16-8-3-5(10(12,13)14)1-2-6(8)9(7)15;/h1-4H,(H2,15,16);1H. The average Bonchev–Trinajstić information content (AvgIpc) is 2.22. The molecule has 0 fully saturated rings. The van der Waals surface area contributed by atoms with Gasteiger partial charge in [-0.3, -0.25) is 4.98 Å². The Morgan fingerprint density at radius 3 is 2.47 bits per heavy atom. The third-order valence-corrected chi connectivity index (χ3v) is 2.82. The predicted molar refractivity (Wildman–Crippen MR) is 66.1 cm³/mol. The predicted octanol–water partition coefficient (Wildman–Crippen LogP) is 4.02. The largest absolute Gasteiger partial charge is 0.416 e. The van der Waals surface area contributed by atoms with Crippen LogP contribution in [0.3, 0.4) is 0 Å². The third kappa shape index (κ3) is 2.63. The summed E-state index contributed by atoms with van der Waals surface area (Å²) in [6.07, 6.45) is -2.98. The van der Waals surface area contributed by atoms with Crippen molar-refractivity contribution < 1.29 is 13.2 Å². The molecule has 2 N–H and O–H groups in total. The Morgan fingerprint density at radius 2 is 1.88 bits per heavy atom. The van der Waals surface area contributed by atoms with Crippen molar-refractivity contribution in [1.82, 2.24) is 4.98 Å². The van der Waals surface area contributed by atoms with Crippen LogP contribution in [0.25, 0.3) is 10.9 Å². The Morgan fingerprint density at radius 1 is 1.24 bits per heavy atom. The zero-order chi connectivity index (χ0) is 11.9. The number of hydrogen-bond acceptors (Lipinski definition) is 2. The number of anilines is 1. The van der Waals surface area contributed by atoms with E-state index in [2.05, 4.69) is 20.9 Å². The number of aromatic nitrogens is 1. The number of rotatable bonds is 0. The number of nitrogens with zero attached hydrogens (tertiary/aromatic N) is 1. The summed E-state index contributed by atoms with van der Waals surface area (Å²) in [6, 6.07) is 3.30. The molecule has 1 aromatic carbocycles. The van der Waals surface area contributed by atoms with Gasteiger partial charge in [0.05, 0.1) is 21.2 Å². The topological polar surface area (TPSA) is 38.9 Å². The van der Waals surface area contributed by atoms with Crippen molar-refractivity contribution in [3.63, 3.8) is 0 Å². The fourth-order valence-electron chi connectivity index (χ4n) is 1.37. The van der Waals surface area contributed by atoms with Gasteiger partial charge in [0.2, 0.25) is 0 Å². The van der Waals surface area contributed by atoms with Crippen LogP contribution < -0.4 is 5.73 Å². The van der Waals surface area contributed by atoms with E-state index in [0.29, 0.717) is 15.5 Å². The molecule has 2 aromatic rings. The monoisotopic (exact) mass is 326 g/mol. The van der Waals surface area contributed by atoms with Crippen LogP contribution in [0.1, 0.15) is 5.56 Å². The maximum atomic E-state index is 12.4. The Bertz CT molecular complexity index is 557. The zero-order valence-electron chi connectivity index (χ0n) is 8.25. The first kappa shape index (κ1) is 14.1. The number of fused-ring (bicyclic) bond motifs is 1. The Balaban J connectivity index is 0.00000144. The van der Waals surface area contributed by atoms with Crippen molar-refractivity contribution in [2.24, 2.45) is 0 Å². The van der Waals surface area contributed by atoms with Crippen LogP contribution in [0.15, 0.2) is 28.9 Å². The van der Waals surface area contributed by atoms with Gasteiger partial charge in [0.25, 0.3) is 0 Å². The first-order valence-corrected chi connectivity index (χ1v) is 5.10. The quantitative estimate of drug-likeness (QED) is 0.794. The van der Waals surface area contributed by atoms with Gasteiger partial charge in [-0.15, -0.1) is 12.4 Å². The van der Waals surface area contributed by atoms with Crippen molar-refractivity contribution in [1.29, 1.82) is 0 Å². The van der Waals surface area contributed by atoms with E-state index in [9.17, 15) is 13.2 Å². The Labute approximate surface area is 110 Å². The van der Waals surface area contributed by atoms with Crippen LogP contribution in [0.5, 0.6) is 0 Å². The molecule has 2 nitrogen and oxygen atoms in total. The lowest BCUT2D eigenvalue weighted by atomic mass is 10.1. The number of nitrogens with two attached hydrogens (primary N) is 1. The van der Waals surface area contributed by atoms with Gasteiger partial charge in [0, 0.05) is 11.6 Å². The first-order valence-electron chi connectivity index (χ1n) is 4.30. The average molecular weight is 328 g/mol. The van der Waals surface area contributed by atoms with E-state index >= 15 is 0 Å². The lowest BCUT2D eigenvalue weighted by Gasteiger charge is -2.08.